The third-order valence-corrected chi connectivity index (χ3v) is 5.07. The largest absolute Gasteiger partial charge is 0.325 e. The monoisotopic (exact) mass is 397 g/mol. The number of hydrogen-bond donors (Lipinski definition) is 1. The number of nitriles is 1. The Kier molecular flexibility index (Phi) is 6.12. The van der Waals surface area contributed by atoms with E-state index in [-0.39, 0.29) is 11.7 Å². The molecule has 0 radical (unpaired) electrons. The molecule has 0 saturated heterocycles. The predicted octanol–water partition coefficient (Wildman–Crippen LogP) is 3.89. The van der Waals surface area contributed by atoms with Crippen LogP contribution in [0.5, 0.6) is 0 Å². The molecule has 0 fully saturated rings. The molecule has 6 nitrogen and oxygen atoms in total. The highest BCUT2D eigenvalue weighted by Crippen LogP contribution is 2.22. The summed E-state index contributed by atoms with van der Waals surface area (Å²) in [4.78, 5) is 12.2. The Labute approximate surface area is 166 Å². The summed E-state index contributed by atoms with van der Waals surface area (Å²) < 4.78 is 1.98. The molecule has 0 saturated carbocycles. The van der Waals surface area contributed by atoms with Crippen LogP contribution in [0.25, 0.3) is 0 Å². The summed E-state index contributed by atoms with van der Waals surface area (Å²) in [5.41, 5.74) is 2.05. The van der Waals surface area contributed by atoms with Crippen LogP contribution in [0.15, 0.2) is 53.7 Å². The molecule has 1 N–H and O–H groups in total. The van der Waals surface area contributed by atoms with E-state index in [1.165, 1.54) is 11.8 Å². The normalized spacial score (nSPS) is 10.4. The fourth-order valence-electron chi connectivity index (χ4n) is 2.43. The lowest BCUT2D eigenvalue weighted by Gasteiger charge is -2.09. The van der Waals surface area contributed by atoms with Crippen molar-refractivity contribution in [2.24, 2.45) is 0 Å². The van der Waals surface area contributed by atoms with Crippen molar-refractivity contribution in [1.82, 2.24) is 14.8 Å². The zero-order valence-electron chi connectivity index (χ0n) is 14.5. The smallest absolute Gasteiger partial charge is 0.234 e. The lowest BCUT2D eigenvalue weighted by molar-refractivity contribution is -0.113. The van der Waals surface area contributed by atoms with Crippen LogP contribution in [0, 0.1) is 18.3 Å². The highest BCUT2D eigenvalue weighted by Gasteiger charge is 2.13. The van der Waals surface area contributed by atoms with E-state index in [1.54, 1.807) is 18.2 Å². The standard InChI is InChI=1S/C19H16ClN5OS/c1-13-23-24-19(25(13)11-14-5-3-2-4-6-14)27-12-18(26)22-16-8-7-15(10-21)17(20)9-16/h2-9H,11-12H2,1H3,(H,22,26). The van der Waals surface area contributed by atoms with Crippen molar-refractivity contribution in [3.63, 3.8) is 0 Å². The minimum absolute atomic E-state index is 0.185. The van der Waals surface area contributed by atoms with Gasteiger partial charge in [-0.15, -0.1) is 10.2 Å². The van der Waals surface area contributed by atoms with Gasteiger partial charge in [-0.25, -0.2) is 0 Å². The zero-order valence-corrected chi connectivity index (χ0v) is 16.1. The van der Waals surface area contributed by atoms with Crippen LogP contribution >= 0.6 is 23.4 Å². The van der Waals surface area contributed by atoms with Gasteiger partial charge in [0.1, 0.15) is 11.9 Å². The number of carbonyl (C=O) groups excluding carboxylic acids is 1. The van der Waals surface area contributed by atoms with Gasteiger partial charge < -0.3 is 9.88 Å². The first-order valence-electron chi connectivity index (χ1n) is 8.13. The molecule has 136 valence electrons. The topological polar surface area (TPSA) is 83.6 Å². The molecule has 0 unspecified atom stereocenters. The number of aromatic nitrogens is 3. The summed E-state index contributed by atoms with van der Waals surface area (Å²) in [5, 5.41) is 20.9. The van der Waals surface area contributed by atoms with E-state index in [9.17, 15) is 4.79 Å². The van der Waals surface area contributed by atoms with E-state index in [4.69, 9.17) is 16.9 Å². The van der Waals surface area contributed by atoms with Crippen LogP contribution in [0.4, 0.5) is 5.69 Å². The van der Waals surface area contributed by atoms with Crippen LogP contribution < -0.4 is 5.32 Å². The molecule has 0 atom stereocenters. The molecule has 3 rings (SSSR count). The van der Waals surface area contributed by atoms with Gasteiger partial charge >= 0.3 is 0 Å². The maximum Gasteiger partial charge on any atom is 0.234 e. The molecule has 8 heteroatoms. The number of benzene rings is 2. The lowest BCUT2D eigenvalue weighted by Crippen LogP contribution is -2.15. The molecular weight excluding hydrogens is 382 g/mol. The SMILES string of the molecule is Cc1nnc(SCC(=O)Nc2ccc(C#N)c(Cl)c2)n1Cc1ccccc1. The maximum absolute atomic E-state index is 12.2. The van der Waals surface area contributed by atoms with Crippen LogP contribution in [0.2, 0.25) is 5.02 Å². The van der Waals surface area contributed by atoms with Crippen molar-refractivity contribution in [1.29, 1.82) is 5.26 Å². The number of hydrogen-bond acceptors (Lipinski definition) is 5. The second kappa shape index (κ2) is 8.71. The molecule has 1 aromatic heterocycles. The van der Waals surface area contributed by atoms with Gasteiger partial charge in [0.15, 0.2) is 5.16 Å². The molecule has 0 bridgehead atoms. The second-order valence-electron chi connectivity index (χ2n) is 5.74. The summed E-state index contributed by atoms with van der Waals surface area (Å²) >= 11 is 7.30. The molecule has 0 aliphatic rings. The van der Waals surface area contributed by atoms with Crippen molar-refractivity contribution in [2.75, 3.05) is 11.1 Å². The van der Waals surface area contributed by atoms with Gasteiger partial charge in [-0.05, 0) is 30.7 Å². The molecule has 1 amide bonds. The van der Waals surface area contributed by atoms with Gasteiger partial charge in [-0.2, -0.15) is 5.26 Å². The van der Waals surface area contributed by atoms with E-state index in [2.05, 4.69) is 15.5 Å². The van der Waals surface area contributed by atoms with E-state index in [0.29, 0.717) is 28.0 Å². The average molecular weight is 398 g/mol. The molecule has 0 spiro atoms. The van der Waals surface area contributed by atoms with Crippen molar-refractivity contribution in [3.8, 4) is 6.07 Å². The van der Waals surface area contributed by atoms with Crippen molar-refractivity contribution in [2.45, 2.75) is 18.6 Å². The molecule has 0 aliphatic heterocycles. The summed E-state index contributed by atoms with van der Waals surface area (Å²) in [5.74, 6) is 0.790. The Morgan fingerprint density at radius 3 is 2.74 bits per heavy atom. The van der Waals surface area contributed by atoms with Gasteiger partial charge in [-0.1, -0.05) is 53.7 Å². The predicted molar refractivity (Wildman–Crippen MR) is 106 cm³/mol. The van der Waals surface area contributed by atoms with Crippen molar-refractivity contribution < 1.29 is 4.79 Å². The number of halogens is 1. The summed E-state index contributed by atoms with van der Waals surface area (Å²) in [6.45, 7) is 2.54. The summed E-state index contributed by atoms with van der Waals surface area (Å²) in [6.07, 6.45) is 0. The minimum Gasteiger partial charge on any atom is -0.325 e. The van der Waals surface area contributed by atoms with Crippen LogP contribution in [0.1, 0.15) is 17.0 Å². The first kappa shape index (κ1) is 19.0. The molecule has 2 aromatic carbocycles. The second-order valence-corrected chi connectivity index (χ2v) is 7.09. The Morgan fingerprint density at radius 1 is 1.26 bits per heavy atom. The highest BCUT2D eigenvalue weighted by molar-refractivity contribution is 7.99. The molecule has 0 aliphatic carbocycles. The Morgan fingerprint density at radius 2 is 2.04 bits per heavy atom. The number of anilines is 1. The fraction of sp³-hybridized carbons (Fsp3) is 0.158. The Hall–Kier alpha value is -2.82. The lowest BCUT2D eigenvalue weighted by atomic mass is 10.2. The van der Waals surface area contributed by atoms with E-state index >= 15 is 0 Å². The van der Waals surface area contributed by atoms with E-state index < -0.39 is 0 Å². The number of thioether (sulfide) groups is 1. The van der Waals surface area contributed by atoms with Crippen molar-refractivity contribution >= 4 is 35.0 Å². The number of aryl methyl sites for hydroxylation is 1. The maximum atomic E-state index is 12.2. The third-order valence-electron chi connectivity index (χ3n) is 3.79. The Bertz CT molecular complexity index is 997. The summed E-state index contributed by atoms with van der Waals surface area (Å²) in [6, 6.07) is 16.8. The summed E-state index contributed by atoms with van der Waals surface area (Å²) in [7, 11) is 0. The van der Waals surface area contributed by atoms with Gasteiger partial charge in [0.05, 0.1) is 22.9 Å². The van der Waals surface area contributed by atoms with Crippen LogP contribution in [-0.2, 0) is 11.3 Å². The Balaban J connectivity index is 1.62. The number of nitrogens with zero attached hydrogens (tertiary/aromatic N) is 4. The van der Waals surface area contributed by atoms with Gasteiger partial charge in [0.2, 0.25) is 5.91 Å². The first-order valence-corrected chi connectivity index (χ1v) is 9.49. The minimum atomic E-state index is -0.187. The van der Waals surface area contributed by atoms with Crippen molar-refractivity contribution in [3.05, 3.63) is 70.5 Å². The zero-order chi connectivity index (χ0) is 19.2. The van der Waals surface area contributed by atoms with Crippen LogP contribution in [0.3, 0.4) is 0 Å². The third kappa shape index (κ3) is 4.88. The number of rotatable bonds is 6. The van der Waals surface area contributed by atoms with E-state index in [0.717, 1.165) is 11.4 Å². The molecular formula is C19H16ClN5OS. The van der Waals surface area contributed by atoms with Crippen LogP contribution in [-0.4, -0.2) is 26.4 Å². The molecule has 27 heavy (non-hydrogen) atoms. The molecule has 1 heterocycles. The fourth-order valence-corrected chi connectivity index (χ4v) is 3.43. The number of amides is 1. The number of carbonyl (C=O) groups is 1. The quantitative estimate of drug-likeness (QED) is 0.638. The van der Waals surface area contributed by atoms with Gasteiger partial charge in [-0.3, -0.25) is 4.79 Å². The van der Waals surface area contributed by atoms with E-state index in [1.807, 2.05) is 47.9 Å². The highest BCUT2D eigenvalue weighted by atomic mass is 35.5. The van der Waals surface area contributed by atoms with Gasteiger partial charge in [0.25, 0.3) is 0 Å². The average Bonchev–Trinajstić information content (AvgIpc) is 3.01. The molecule has 3 aromatic rings. The first-order chi connectivity index (χ1) is 13.1. The van der Waals surface area contributed by atoms with Gasteiger partial charge in [0, 0.05) is 5.69 Å². The number of nitrogens with one attached hydrogen (secondary N) is 1.